The Morgan fingerprint density at radius 2 is 1.80 bits per heavy atom. The third-order valence-corrected chi connectivity index (χ3v) is 5.91. The maximum absolute atomic E-state index is 13.3. The van der Waals surface area contributed by atoms with Crippen molar-refractivity contribution in [2.24, 2.45) is 5.10 Å². The Bertz CT molecular complexity index is 1460. The van der Waals surface area contributed by atoms with Gasteiger partial charge in [0, 0.05) is 0 Å². The van der Waals surface area contributed by atoms with Crippen LogP contribution in [0.1, 0.15) is 15.9 Å². The van der Waals surface area contributed by atoms with Crippen LogP contribution in [0.5, 0.6) is 5.75 Å². The molecule has 3 aromatic carbocycles. The van der Waals surface area contributed by atoms with Gasteiger partial charge in [-0.1, -0.05) is 36.0 Å². The molecule has 0 unspecified atom stereocenters. The number of para-hydroxylation sites is 1. The number of carboxylic acids is 1. The molecule has 0 bridgehead atoms. The molecule has 10 heteroatoms. The maximum atomic E-state index is 13.3. The van der Waals surface area contributed by atoms with Crippen LogP contribution < -0.4 is 15.7 Å². The molecule has 0 saturated heterocycles. The number of nitrogens with one attached hydrogen (secondary N) is 1. The quantitative estimate of drug-likeness (QED) is 0.169. The first-order valence-corrected chi connectivity index (χ1v) is 11.4. The number of aromatic carboxylic acids is 1. The van der Waals surface area contributed by atoms with E-state index in [9.17, 15) is 14.4 Å². The highest BCUT2D eigenvalue weighted by Gasteiger charge is 2.15. The van der Waals surface area contributed by atoms with Gasteiger partial charge in [0.15, 0.2) is 5.16 Å². The second kappa shape index (κ2) is 10.7. The Morgan fingerprint density at radius 3 is 2.49 bits per heavy atom. The third kappa shape index (κ3) is 5.56. The van der Waals surface area contributed by atoms with Crippen molar-refractivity contribution in [3.63, 3.8) is 0 Å². The van der Waals surface area contributed by atoms with Crippen LogP contribution in [-0.2, 0) is 4.79 Å². The van der Waals surface area contributed by atoms with Gasteiger partial charge in [-0.2, -0.15) is 5.10 Å². The average Bonchev–Trinajstić information content (AvgIpc) is 2.88. The van der Waals surface area contributed by atoms with Gasteiger partial charge in [-0.15, -0.1) is 0 Å². The molecule has 9 nitrogen and oxygen atoms in total. The Kier molecular flexibility index (Phi) is 7.22. The second-order valence-corrected chi connectivity index (χ2v) is 8.20. The first-order valence-electron chi connectivity index (χ1n) is 10.4. The molecule has 1 amide bonds. The summed E-state index contributed by atoms with van der Waals surface area (Å²) in [7, 11) is 1.56. The summed E-state index contributed by atoms with van der Waals surface area (Å²) in [5.74, 6) is -0.790. The van der Waals surface area contributed by atoms with Crippen molar-refractivity contribution in [3.05, 3.63) is 94.3 Å². The van der Waals surface area contributed by atoms with Gasteiger partial charge in [0.25, 0.3) is 11.5 Å². The number of carbonyl (C=O) groups excluding carboxylic acids is 1. The van der Waals surface area contributed by atoms with Crippen molar-refractivity contribution in [1.29, 1.82) is 0 Å². The molecule has 0 aliphatic heterocycles. The van der Waals surface area contributed by atoms with Crippen LogP contribution >= 0.6 is 11.8 Å². The topological polar surface area (TPSA) is 123 Å². The predicted octanol–water partition coefficient (Wildman–Crippen LogP) is 3.33. The van der Waals surface area contributed by atoms with Gasteiger partial charge in [0.2, 0.25) is 0 Å². The van der Waals surface area contributed by atoms with E-state index in [0.717, 1.165) is 11.8 Å². The highest BCUT2D eigenvalue weighted by Crippen LogP contribution is 2.22. The second-order valence-electron chi connectivity index (χ2n) is 7.26. The zero-order valence-corrected chi connectivity index (χ0v) is 19.4. The summed E-state index contributed by atoms with van der Waals surface area (Å²) in [5.41, 5.74) is 4.11. The van der Waals surface area contributed by atoms with Gasteiger partial charge in [-0.3, -0.25) is 14.2 Å². The van der Waals surface area contributed by atoms with E-state index in [4.69, 9.17) is 9.84 Å². The van der Waals surface area contributed by atoms with E-state index in [1.54, 1.807) is 67.8 Å². The number of hydrazone groups is 1. The number of aromatic nitrogens is 2. The highest BCUT2D eigenvalue weighted by molar-refractivity contribution is 7.99. The molecule has 0 fully saturated rings. The summed E-state index contributed by atoms with van der Waals surface area (Å²) >= 11 is 1.11. The predicted molar refractivity (Wildman–Crippen MR) is 134 cm³/mol. The Balaban J connectivity index is 1.52. The summed E-state index contributed by atoms with van der Waals surface area (Å²) in [4.78, 5) is 41.2. The first kappa shape index (κ1) is 23.7. The van der Waals surface area contributed by atoms with Gasteiger partial charge in [0.05, 0.1) is 41.2 Å². The molecule has 0 radical (unpaired) electrons. The SMILES string of the molecule is COc1ccc(-n2c(SCC(=O)NN=Cc3ccc(C(=O)O)cc3)nc3ccccc3c2=O)cc1. The van der Waals surface area contributed by atoms with Gasteiger partial charge in [-0.05, 0) is 54.1 Å². The van der Waals surface area contributed by atoms with Crippen molar-refractivity contribution < 1.29 is 19.4 Å². The molecule has 0 atom stereocenters. The van der Waals surface area contributed by atoms with Gasteiger partial charge in [0.1, 0.15) is 5.75 Å². The lowest BCUT2D eigenvalue weighted by Crippen LogP contribution is -2.24. The van der Waals surface area contributed by atoms with E-state index in [0.29, 0.717) is 33.1 Å². The minimum absolute atomic E-state index is 0.0315. The fourth-order valence-corrected chi connectivity index (χ4v) is 4.03. The van der Waals surface area contributed by atoms with Crippen LogP contribution in [0.15, 0.2) is 87.8 Å². The molecule has 0 aliphatic carbocycles. The van der Waals surface area contributed by atoms with Gasteiger partial charge in [-0.25, -0.2) is 15.2 Å². The number of carbonyl (C=O) groups is 2. The number of hydrogen-bond acceptors (Lipinski definition) is 7. The minimum Gasteiger partial charge on any atom is -0.497 e. The van der Waals surface area contributed by atoms with E-state index in [-0.39, 0.29) is 16.9 Å². The average molecular weight is 489 g/mol. The van der Waals surface area contributed by atoms with Crippen LogP contribution in [0.4, 0.5) is 0 Å². The number of methoxy groups -OCH3 is 1. The van der Waals surface area contributed by atoms with Crippen LogP contribution in [0, 0.1) is 0 Å². The number of rotatable bonds is 8. The fraction of sp³-hybridized carbons (Fsp3) is 0.0800. The normalized spacial score (nSPS) is 11.0. The maximum Gasteiger partial charge on any atom is 0.335 e. The molecule has 0 saturated carbocycles. The number of thioether (sulfide) groups is 1. The molecule has 0 spiro atoms. The molecule has 2 N–H and O–H groups in total. The fourth-order valence-electron chi connectivity index (χ4n) is 3.22. The Morgan fingerprint density at radius 1 is 1.09 bits per heavy atom. The zero-order valence-electron chi connectivity index (χ0n) is 18.5. The standard InChI is InChI=1S/C25H20N4O5S/c1-34-19-12-10-18(11-13-19)29-23(31)20-4-2-3-5-21(20)27-25(29)35-15-22(30)28-26-14-16-6-8-17(9-7-16)24(32)33/h2-14H,15H2,1H3,(H,28,30)(H,32,33). The van der Waals surface area contributed by atoms with Crippen molar-refractivity contribution in [3.8, 4) is 11.4 Å². The smallest absolute Gasteiger partial charge is 0.335 e. The molecule has 4 rings (SSSR count). The van der Waals surface area contributed by atoms with Crippen molar-refractivity contribution >= 4 is 40.8 Å². The number of nitrogens with zero attached hydrogens (tertiary/aromatic N) is 3. The summed E-state index contributed by atoms with van der Waals surface area (Å²) < 4.78 is 6.67. The molecular formula is C25H20N4O5S. The van der Waals surface area contributed by atoms with E-state index in [1.807, 2.05) is 0 Å². The number of amides is 1. The number of carboxylic acid groups (broad SMARTS) is 1. The summed E-state index contributed by atoms with van der Waals surface area (Å²) in [6.07, 6.45) is 1.41. The minimum atomic E-state index is -1.02. The summed E-state index contributed by atoms with van der Waals surface area (Å²) in [6.45, 7) is 0. The molecule has 0 aliphatic rings. The zero-order chi connectivity index (χ0) is 24.8. The van der Waals surface area contributed by atoms with E-state index < -0.39 is 11.9 Å². The van der Waals surface area contributed by atoms with Crippen LogP contribution in [0.25, 0.3) is 16.6 Å². The third-order valence-electron chi connectivity index (χ3n) is 4.97. The monoisotopic (exact) mass is 488 g/mol. The van der Waals surface area contributed by atoms with E-state index in [2.05, 4.69) is 15.5 Å². The van der Waals surface area contributed by atoms with Gasteiger partial charge < -0.3 is 9.84 Å². The number of benzene rings is 3. The molecule has 176 valence electrons. The lowest BCUT2D eigenvalue weighted by atomic mass is 10.1. The Labute approximate surface area is 204 Å². The number of hydrogen-bond donors (Lipinski definition) is 2. The summed E-state index contributed by atoms with van der Waals surface area (Å²) in [5, 5.41) is 13.7. The van der Waals surface area contributed by atoms with Crippen molar-refractivity contribution in [1.82, 2.24) is 15.0 Å². The van der Waals surface area contributed by atoms with Crippen molar-refractivity contribution in [2.75, 3.05) is 12.9 Å². The number of ether oxygens (including phenoxy) is 1. The van der Waals surface area contributed by atoms with Crippen molar-refractivity contribution in [2.45, 2.75) is 5.16 Å². The van der Waals surface area contributed by atoms with E-state index >= 15 is 0 Å². The molecule has 35 heavy (non-hydrogen) atoms. The Hall–Kier alpha value is -4.44. The molecule has 1 aromatic heterocycles. The van der Waals surface area contributed by atoms with Crippen LogP contribution in [-0.4, -0.2) is 45.6 Å². The molecular weight excluding hydrogens is 468 g/mol. The van der Waals surface area contributed by atoms with Crippen LogP contribution in [0.3, 0.4) is 0 Å². The lowest BCUT2D eigenvalue weighted by Gasteiger charge is -2.13. The van der Waals surface area contributed by atoms with Crippen LogP contribution in [0.2, 0.25) is 0 Å². The molecule has 4 aromatic rings. The van der Waals surface area contributed by atoms with Gasteiger partial charge >= 0.3 is 5.97 Å². The number of fused-ring (bicyclic) bond motifs is 1. The lowest BCUT2D eigenvalue weighted by molar-refractivity contribution is -0.118. The largest absolute Gasteiger partial charge is 0.497 e. The first-order chi connectivity index (χ1) is 17.0. The van der Waals surface area contributed by atoms with E-state index in [1.165, 1.54) is 22.9 Å². The molecule has 1 heterocycles. The highest BCUT2D eigenvalue weighted by atomic mass is 32.2. The summed E-state index contributed by atoms with van der Waals surface area (Å²) in [6, 6.07) is 20.1.